The Kier molecular flexibility index (Phi) is 7.12. The summed E-state index contributed by atoms with van der Waals surface area (Å²) < 4.78 is 58.6. The lowest BCUT2D eigenvalue weighted by Crippen LogP contribution is -2.38. The zero-order valence-electron chi connectivity index (χ0n) is 17.3. The van der Waals surface area contributed by atoms with Crippen LogP contribution in [-0.2, 0) is 6.18 Å². The smallest absolute Gasteiger partial charge is 0.416 e. The summed E-state index contributed by atoms with van der Waals surface area (Å²) in [7, 11) is 0. The fourth-order valence-corrected chi connectivity index (χ4v) is 2.88. The number of ether oxygens (including phenoxy) is 1. The van der Waals surface area contributed by atoms with Gasteiger partial charge in [0.1, 0.15) is 30.0 Å². The zero-order chi connectivity index (χ0) is 24.2. The Morgan fingerprint density at radius 1 is 1.18 bits per heavy atom. The molecule has 0 aliphatic carbocycles. The van der Waals surface area contributed by atoms with Crippen molar-refractivity contribution in [3.8, 4) is 11.4 Å². The van der Waals surface area contributed by atoms with E-state index in [1.807, 2.05) is 0 Å². The normalized spacial score (nSPS) is 12.3. The van der Waals surface area contributed by atoms with Gasteiger partial charge in [-0.1, -0.05) is 18.2 Å². The number of hydrogen-bond acceptors (Lipinski definition) is 5. The standard InChI is InChI=1S/C22H19F4N3O4/c1-13-9-19(31)20(28-29(13)18-8-3-2-7-17(18)23)21(32)27-11-15(30)12-33-16-6-4-5-14(10-16)22(24,25)26/h2-10,15,30H,11-12H2,1H3,(H,27,32). The maximum absolute atomic E-state index is 14.1. The molecule has 33 heavy (non-hydrogen) atoms. The van der Waals surface area contributed by atoms with Gasteiger partial charge >= 0.3 is 6.18 Å². The average molecular weight is 465 g/mol. The van der Waals surface area contributed by atoms with Crippen LogP contribution in [-0.4, -0.2) is 40.0 Å². The Labute approximate surface area is 185 Å². The molecule has 2 N–H and O–H groups in total. The summed E-state index contributed by atoms with van der Waals surface area (Å²) in [6.45, 7) is 0.742. The Bertz CT molecular complexity index is 1210. The van der Waals surface area contributed by atoms with Gasteiger partial charge in [0.15, 0.2) is 5.69 Å². The van der Waals surface area contributed by atoms with Crippen LogP contribution in [0, 0.1) is 12.7 Å². The predicted molar refractivity (Wildman–Crippen MR) is 110 cm³/mol. The largest absolute Gasteiger partial charge is 0.491 e. The second kappa shape index (κ2) is 9.82. The first kappa shape index (κ1) is 23.9. The Morgan fingerprint density at radius 3 is 2.61 bits per heavy atom. The van der Waals surface area contributed by atoms with Crippen molar-refractivity contribution >= 4 is 5.91 Å². The highest BCUT2D eigenvalue weighted by Crippen LogP contribution is 2.31. The number of carbonyl (C=O) groups is 1. The number of benzene rings is 2. The molecule has 3 aromatic rings. The maximum atomic E-state index is 14.1. The topological polar surface area (TPSA) is 93.5 Å². The minimum atomic E-state index is -4.54. The Morgan fingerprint density at radius 2 is 1.91 bits per heavy atom. The molecule has 0 aliphatic heterocycles. The van der Waals surface area contributed by atoms with Gasteiger partial charge in [0.2, 0.25) is 5.43 Å². The molecule has 3 rings (SSSR count). The molecule has 11 heteroatoms. The molecule has 1 amide bonds. The van der Waals surface area contributed by atoms with E-state index in [0.29, 0.717) is 5.69 Å². The van der Waals surface area contributed by atoms with Crippen molar-refractivity contribution in [3.05, 3.63) is 87.6 Å². The average Bonchev–Trinajstić information content (AvgIpc) is 2.76. The maximum Gasteiger partial charge on any atom is 0.416 e. The van der Waals surface area contributed by atoms with E-state index in [4.69, 9.17) is 4.74 Å². The number of hydrogen-bond donors (Lipinski definition) is 2. The number of carbonyl (C=O) groups excluding carboxylic acids is 1. The molecule has 1 unspecified atom stereocenters. The molecule has 1 heterocycles. The number of aryl methyl sites for hydroxylation is 1. The van der Waals surface area contributed by atoms with E-state index in [-0.39, 0.29) is 18.0 Å². The van der Waals surface area contributed by atoms with E-state index in [1.165, 1.54) is 31.2 Å². The highest BCUT2D eigenvalue weighted by Gasteiger charge is 2.30. The summed E-state index contributed by atoms with van der Waals surface area (Å²) in [5.41, 5.74) is -1.78. The van der Waals surface area contributed by atoms with Crippen LogP contribution in [0.2, 0.25) is 0 Å². The Hall–Kier alpha value is -3.73. The fourth-order valence-electron chi connectivity index (χ4n) is 2.88. The van der Waals surface area contributed by atoms with Crippen LogP contribution in [0.25, 0.3) is 5.69 Å². The minimum Gasteiger partial charge on any atom is -0.491 e. The van der Waals surface area contributed by atoms with Crippen molar-refractivity contribution in [1.82, 2.24) is 15.1 Å². The van der Waals surface area contributed by atoms with Crippen LogP contribution in [0.1, 0.15) is 21.7 Å². The number of aliphatic hydroxyl groups is 1. The van der Waals surface area contributed by atoms with Crippen molar-refractivity contribution < 1.29 is 32.2 Å². The molecule has 0 bridgehead atoms. The van der Waals surface area contributed by atoms with Gasteiger partial charge in [0.25, 0.3) is 5.91 Å². The first-order valence-electron chi connectivity index (χ1n) is 9.68. The highest BCUT2D eigenvalue weighted by atomic mass is 19.4. The number of amides is 1. The molecule has 7 nitrogen and oxygen atoms in total. The quantitative estimate of drug-likeness (QED) is 0.524. The van der Waals surface area contributed by atoms with Crippen LogP contribution in [0.4, 0.5) is 17.6 Å². The Balaban J connectivity index is 1.64. The second-order valence-electron chi connectivity index (χ2n) is 7.06. The first-order valence-corrected chi connectivity index (χ1v) is 9.68. The van der Waals surface area contributed by atoms with Gasteiger partial charge in [-0.25, -0.2) is 9.07 Å². The number of nitrogens with zero attached hydrogens (tertiary/aromatic N) is 2. The highest BCUT2D eigenvalue weighted by molar-refractivity contribution is 5.92. The van der Waals surface area contributed by atoms with Crippen molar-refractivity contribution in [2.45, 2.75) is 19.2 Å². The lowest BCUT2D eigenvalue weighted by atomic mass is 10.2. The van der Waals surface area contributed by atoms with Gasteiger partial charge in [-0.05, 0) is 37.3 Å². The molecule has 174 valence electrons. The van der Waals surface area contributed by atoms with Crippen molar-refractivity contribution in [3.63, 3.8) is 0 Å². The third-order valence-corrected chi connectivity index (χ3v) is 4.51. The van der Waals surface area contributed by atoms with E-state index < -0.39 is 47.3 Å². The predicted octanol–water partition coefficient (Wildman–Crippen LogP) is 2.87. The summed E-state index contributed by atoms with van der Waals surface area (Å²) in [6.07, 6.45) is -5.83. The van der Waals surface area contributed by atoms with Gasteiger partial charge < -0.3 is 15.2 Å². The molecule has 1 atom stereocenters. The molecule has 0 radical (unpaired) electrons. The summed E-state index contributed by atoms with van der Waals surface area (Å²) >= 11 is 0. The van der Waals surface area contributed by atoms with Crippen LogP contribution >= 0.6 is 0 Å². The third-order valence-electron chi connectivity index (χ3n) is 4.51. The van der Waals surface area contributed by atoms with Gasteiger partial charge in [-0.2, -0.15) is 18.3 Å². The molecule has 2 aromatic carbocycles. The summed E-state index contributed by atoms with van der Waals surface area (Å²) in [4.78, 5) is 24.6. The third kappa shape index (κ3) is 5.95. The van der Waals surface area contributed by atoms with E-state index in [2.05, 4.69) is 10.4 Å². The zero-order valence-corrected chi connectivity index (χ0v) is 17.3. The lowest BCUT2D eigenvalue weighted by Gasteiger charge is -2.15. The van der Waals surface area contributed by atoms with Crippen molar-refractivity contribution in [2.75, 3.05) is 13.2 Å². The monoisotopic (exact) mass is 465 g/mol. The molecule has 0 aliphatic rings. The molecule has 0 fully saturated rings. The van der Waals surface area contributed by atoms with Crippen molar-refractivity contribution in [2.24, 2.45) is 0 Å². The van der Waals surface area contributed by atoms with E-state index >= 15 is 0 Å². The number of aliphatic hydroxyl groups excluding tert-OH is 1. The van der Waals surface area contributed by atoms with Crippen LogP contribution in [0.5, 0.6) is 5.75 Å². The summed E-state index contributed by atoms with van der Waals surface area (Å²) in [6, 6.07) is 10.9. The molecule has 0 spiro atoms. The van der Waals surface area contributed by atoms with Crippen LogP contribution < -0.4 is 15.5 Å². The molecule has 0 saturated carbocycles. The van der Waals surface area contributed by atoms with E-state index in [0.717, 1.165) is 28.9 Å². The SMILES string of the molecule is Cc1cc(=O)c(C(=O)NCC(O)COc2cccc(C(F)(F)F)c2)nn1-c1ccccc1F. The van der Waals surface area contributed by atoms with Gasteiger partial charge in [0.05, 0.1) is 5.56 Å². The van der Waals surface area contributed by atoms with Crippen LogP contribution in [0.15, 0.2) is 59.4 Å². The number of rotatable bonds is 7. The fraction of sp³-hybridized carbons (Fsp3) is 0.227. The number of halogens is 4. The van der Waals surface area contributed by atoms with Gasteiger partial charge in [-0.15, -0.1) is 0 Å². The molecular weight excluding hydrogens is 446 g/mol. The van der Waals surface area contributed by atoms with Crippen molar-refractivity contribution in [1.29, 1.82) is 0 Å². The van der Waals surface area contributed by atoms with E-state index in [9.17, 15) is 32.3 Å². The molecular formula is C22H19F4N3O4. The van der Waals surface area contributed by atoms with E-state index in [1.54, 1.807) is 6.07 Å². The second-order valence-corrected chi connectivity index (χ2v) is 7.06. The number of para-hydroxylation sites is 1. The minimum absolute atomic E-state index is 0.0403. The molecule has 0 saturated heterocycles. The number of nitrogens with one attached hydrogen (secondary N) is 1. The van der Waals surface area contributed by atoms with Gasteiger partial charge in [0, 0.05) is 18.3 Å². The number of aromatic nitrogens is 2. The summed E-state index contributed by atoms with van der Waals surface area (Å²) in [5.74, 6) is -1.63. The van der Waals surface area contributed by atoms with Gasteiger partial charge in [-0.3, -0.25) is 9.59 Å². The molecule has 1 aromatic heterocycles. The summed E-state index contributed by atoms with van der Waals surface area (Å²) in [5, 5.41) is 16.2. The van der Waals surface area contributed by atoms with Crippen LogP contribution in [0.3, 0.4) is 0 Å². The first-order chi connectivity index (χ1) is 15.6. The lowest BCUT2D eigenvalue weighted by molar-refractivity contribution is -0.137. The number of alkyl halides is 3.